The van der Waals surface area contributed by atoms with Gasteiger partial charge in [0.2, 0.25) is 10.0 Å². The molecule has 0 amide bonds. The number of hydrogen-bond donors (Lipinski definition) is 1. The second kappa shape index (κ2) is 6.29. The van der Waals surface area contributed by atoms with E-state index in [4.69, 9.17) is 0 Å². The van der Waals surface area contributed by atoms with Crippen molar-refractivity contribution in [1.82, 2.24) is 14.5 Å². The van der Waals surface area contributed by atoms with Crippen molar-refractivity contribution in [2.75, 3.05) is 6.54 Å². The Morgan fingerprint density at radius 3 is 2.43 bits per heavy atom. The van der Waals surface area contributed by atoms with E-state index in [0.717, 1.165) is 5.56 Å². The van der Waals surface area contributed by atoms with E-state index in [1.807, 2.05) is 30.3 Å². The van der Waals surface area contributed by atoms with Crippen molar-refractivity contribution in [2.45, 2.75) is 23.6 Å². The summed E-state index contributed by atoms with van der Waals surface area (Å²) in [5.41, 5.74) is 2.17. The average Bonchev–Trinajstić information content (AvgIpc) is 2.71. The molecule has 114 valence electrons. The van der Waals surface area contributed by atoms with Crippen LogP contribution < -0.4 is 4.72 Å². The number of aryl methyl sites for hydroxylation is 2. The standard InChI is InChI=1S/C14H18BrN3O2S/c1-10-14(11(2)18(3)17-10)21(19,20)16-9-13(15)12-7-5-4-6-8-12/h4-8,13,16H,9H2,1-3H3. The molecule has 0 aliphatic heterocycles. The van der Waals surface area contributed by atoms with E-state index in [0.29, 0.717) is 11.4 Å². The maximum absolute atomic E-state index is 12.4. The molecule has 2 aromatic rings. The van der Waals surface area contributed by atoms with Gasteiger partial charge in [0, 0.05) is 13.6 Å². The monoisotopic (exact) mass is 371 g/mol. The zero-order valence-electron chi connectivity index (χ0n) is 12.2. The molecular formula is C14H18BrN3O2S. The number of nitrogens with one attached hydrogen (secondary N) is 1. The molecule has 21 heavy (non-hydrogen) atoms. The second-order valence-corrected chi connectivity index (χ2v) is 7.66. The van der Waals surface area contributed by atoms with Crippen LogP contribution in [0.2, 0.25) is 0 Å². The largest absolute Gasteiger partial charge is 0.271 e. The van der Waals surface area contributed by atoms with Crippen molar-refractivity contribution in [3.05, 3.63) is 47.3 Å². The van der Waals surface area contributed by atoms with Gasteiger partial charge >= 0.3 is 0 Å². The Labute approximate surface area is 133 Å². The summed E-state index contributed by atoms with van der Waals surface area (Å²) in [6.45, 7) is 3.72. The molecule has 0 spiro atoms. The molecule has 1 aromatic carbocycles. The van der Waals surface area contributed by atoms with Crippen LogP contribution in [0.5, 0.6) is 0 Å². The van der Waals surface area contributed by atoms with Gasteiger partial charge < -0.3 is 0 Å². The fraction of sp³-hybridized carbons (Fsp3) is 0.357. The zero-order valence-corrected chi connectivity index (χ0v) is 14.6. The number of halogens is 1. The minimum Gasteiger partial charge on any atom is -0.271 e. The van der Waals surface area contributed by atoms with Crippen LogP contribution >= 0.6 is 15.9 Å². The number of benzene rings is 1. The van der Waals surface area contributed by atoms with Gasteiger partial charge in [-0.2, -0.15) is 5.10 Å². The van der Waals surface area contributed by atoms with Crippen molar-refractivity contribution in [2.24, 2.45) is 7.05 Å². The predicted octanol–water partition coefficient (Wildman–Crippen LogP) is 2.45. The van der Waals surface area contributed by atoms with Crippen LogP contribution in [0, 0.1) is 13.8 Å². The van der Waals surface area contributed by atoms with Crippen LogP contribution in [-0.2, 0) is 17.1 Å². The third-order valence-electron chi connectivity index (χ3n) is 3.33. The van der Waals surface area contributed by atoms with Crippen molar-refractivity contribution in [3.8, 4) is 0 Å². The summed E-state index contributed by atoms with van der Waals surface area (Å²) >= 11 is 3.51. The molecule has 0 aliphatic rings. The van der Waals surface area contributed by atoms with Crippen molar-refractivity contribution in [3.63, 3.8) is 0 Å². The van der Waals surface area contributed by atoms with E-state index in [2.05, 4.69) is 25.8 Å². The zero-order chi connectivity index (χ0) is 15.6. The van der Waals surface area contributed by atoms with E-state index in [1.165, 1.54) is 0 Å². The lowest BCUT2D eigenvalue weighted by atomic mass is 10.2. The molecular weight excluding hydrogens is 354 g/mol. The molecule has 5 nitrogen and oxygen atoms in total. The molecule has 1 heterocycles. The molecule has 0 saturated carbocycles. The first kappa shape index (κ1) is 16.2. The lowest BCUT2D eigenvalue weighted by Crippen LogP contribution is -2.27. The lowest BCUT2D eigenvalue weighted by molar-refractivity contribution is 0.580. The van der Waals surface area contributed by atoms with Crippen molar-refractivity contribution < 1.29 is 8.42 Å². The highest BCUT2D eigenvalue weighted by molar-refractivity contribution is 9.09. The Morgan fingerprint density at radius 2 is 1.90 bits per heavy atom. The predicted molar refractivity (Wildman–Crippen MR) is 86.0 cm³/mol. The number of hydrogen-bond acceptors (Lipinski definition) is 3. The maximum atomic E-state index is 12.4. The van der Waals surface area contributed by atoms with E-state index in [-0.39, 0.29) is 16.3 Å². The van der Waals surface area contributed by atoms with Crippen LogP contribution in [0.3, 0.4) is 0 Å². The summed E-state index contributed by atoms with van der Waals surface area (Å²) in [6.07, 6.45) is 0. The van der Waals surface area contributed by atoms with Crippen LogP contribution in [0.1, 0.15) is 21.8 Å². The highest BCUT2D eigenvalue weighted by Gasteiger charge is 2.24. The van der Waals surface area contributed by atoms with Gasteiger partial charge in [0.1, 0.15) is 4.90 Å². The van der Waals surface area contributed by atoms with E-state index >= 15 is 0 Å². The first-order chi connectivity index (χ1) is 9.83. The Kier molecular flexibility index (Phi) is 4.85. The van der Waals surface area contributed by atoms with Gasteiger partial charge in [-0.1, -0.05) is 46.3 Å². The summed E-state index contributed by atoms with van der Waals surface area (Å²) in [6, 6.07) is 9.68. The number of aromatic nitrogens is 2. The van der Waals surface area contributed by atoms with Gasteiger partial charge in [-0.05, 0) is 19.4 Å². The fourth-order valence-electron chi connectivity index (χ4n) is 2.18. The number of nitrogens with zero attached hydrogens (tertiary/aromatic N) is 2. The molecule has 1 N–H and O–H groups in total. The quantitative estimate of drug-likeness (QED) is 0.820. The van der Waals surface area contributed by atoms with Crippen LogP contribution in [0.15, 0.2) is 35.2 Å². The number of sulfonamides is 1. The van der Waals surface area contributed by atoms with Gasteiger partial charge in [-0.25, -0.2) is 13.1 Å². The van der Waals surface area contributed by atoms with Gasteiger partial charge in [-0.3, -0.25) is 4.68 Å². The van der Waals surface area contributed by atoms with Gasteiger partial charge in [-0.15, -0.1) is 0 Å². The summed E-state index contributed by atoms with van der Waals surface area (Å²) in [4.78, 5) is 0.184. The molecule has 1 unspecified atom stereocenters. The third kappa shape index (κ3) is 3.53. The highest BCUT2D eigenvalue weighted by atomic mass is 79.9. The molecule has 0 radical (unpaired) electrons. The molecule has 0 saturated heterocycles. The SMILES string of the molecule is Cc1nn(C)c(C)c1S(=O)(=O)NCC(Br)c1ccccc1. The molecule has 7 heteroatoms. The summed E-state index contributed by atoms with van der Waals surface area (Å²) < 4.78 is 29.1. The Balaban J connectivity index is 2.15. The second-order valence-electron chi connectivity index (χ2n) is 4.85. The van der Waals surface area contributed by atoms with Gasteiger partial charge in [0.25, 0.3) is 0 Å². The molecule has 0 bridgehead atoms. The third-order valence-corrected chi connectivity index (χ3v) is 5.85. The number of alkyl halides is 1. The van der Waals surface area contributed by atoms with Gasteiger partial charge in [0.15, 0.2) is 0 Å². The summed E-state index contributed by atoms with van der Waals surface area (Å²) in [5.74, 6) is 0. The summed E-state index contributed by atoms with van der Waals surface area (Å²) in [7, 11) is -1.83. The average molecular weight is 372 g/mol. The minimum atomic E-state index is -3.57. The Morgan fingerprint density at radius 1 is 1.29 bits per heavy atom. The highest BCUT2D eigenvalue weighted by Crippen LogP contribution is 2.23. The van der Waals surface area contributed by atoms with Crippen LogP contribution in [0.25, 0.3) is 0 Å². The summed E-state index contributed by atoms with van der Waals surface area (Å²) in [5, 5.41) is 4.15. The number of rotatable bonds is 5. The van der Waals surface area contributed by atoms with Crippen molar-refractivity contribution in [1.29, 1.82) is 0 Å². The van der Waals surface area contributed by atoms with Crippen LogP contribution in [-0.4, -0.2) is 24.7 Å². The Bertz CT molecular complexity index is 726. The van der Waals surface area contributed by atoms with Crippen molar-refractivity contribution >= 4 is 26.0 Å². The molecule has 2 rings (SSSR count). The normalized spacial score (nSPS) is 13.3. The molecule has 0 aliphatic carbocycles. The fourth-order valence-corrected chi connectivity index (χ4v) is 4.34. The van der Waals surface area contributed by atoms with Gasteiger partial charge in [0.05, 0.1) is 16.2 Å². The maximum Gasteiger partial charge on any atom is 0.244 e. The lowest BCUT2D eigenvalue weighted by Gasteiger charge is -2.12. The minimum absolute atomic E-state index is 0.0780. The van der Waals surface area contributed by atoms with Crippen LogP contribution in [0.4, 0.5) is 0 Å². The molecule has 0 fully saturated rings. The smallest absolute Gasteiger partial charge is 0.244 e. The first-order valence-corrected chi connectivity index (χ1v) is 8.91. The molecule has 1 atom stereocenters. The van der Waals surface area contributed by atoms with E-state index < -0.39 is 10.0 Å². The Hall–Kier alpha value is -1.18. The topological polar surface area (TPSA) is 64.0 Å². The van der Waals surface area contributed by atoms with E-state index in [1.54, 1.807) is 25.6 Å². The first-order valence-electron chi connectivity index (χ1n) is 6.52. The molecule has 1 aromatic heterocycles. The van der Waals surface area contributed by atoms with E-state index in [9.17, 15) is 8.42 Å².